The van der Waals surface area contributed by atoms with E-state index in [2.05, 4.69) is 5.32 Å². The van der Waals surface area contributed by atoms with Gasteiger partial charge in [0.25, 0.3) is 0 Å². The molecule has 0 unspecified atom stereocenters. The lowest BCUT2D eigenvalue weighted by Crippen LogP contribution is -2.25. The summed E-state index contributed by atoms with van der Waals surface area (Å²) in [5.74, 6) is 0. The zero-order chi connectivity index (χ0) is 12.3. The molecule has 17 heavy (non-hydrogen) atoms. The summed E-state index contributed by atoms with van der Waals surface area (Å²) in [4.78, 5) is 20.9. The molecule has 0 heterocycles. The van der Waals surface area contributed by atoms with E-state index in [1.165, 1.54) is 5.56 Å². The highest BCUT2D eigenvalue weighted by Gasteiger charge is 1.96. The predicted molar refractivity (Wildman–Crippen MR) is 64.7 cm³/mol. The van der Waals surface area contributed by atoms with Crippen molar-refractivity contribution in [3.63, 3.8) is 0 Å². The van der Waals surface area contributed by atoms with Gasteiger partial charge in [0, 0.05) is 0 Å². The van der Waals surface area contributed by atoms with Gasteiger partial charge in [0.1, 0.15) is 12.9 Å². The van der Waals surface area contributed by atoms with Gasteiger partial charge in [-0.25, -0.2) is 4.79 Å². The molecule has 0 radical (unpaired) electrons. The highest BCUT2D eigenvalue weighted by atomic mass is 16.5. The second-order valence-corrected chi connectivity index (χ2v) is 3.31. The van der Waals surface area contributed by atoms with Crippen LogP contribution in [0.25, 0.3) is 0 Å². The van der Waals surface area contributed by atoms with Gasteiger partial charge in [-0.05, 0) is 12.0 Å². The number of aldehydes is 1. The van der Waals surface area contributed by atoms with E-state index in [-0.39, 0.29) is 13.2 Å². The fourth-order valence-electron chi connectivity index (χ4n) is 1.20. The minimum Gasteiger partial charge on any atom is -0.445 e. The average molecular weight is 233 g/mol. The Labute approximate surface area is 100 Å². The third-order valence-corrected chi connectivity index (χ3v) is 2.00. The van der Waals surface area contributed by atoms with Gasteiger partial charge in [0.05, 0.1) is 6.54 Å². The summed E-state index contributed by atoms with van der Waals surface area (Å²) in [6.07, 6.45) is 4.53. The lowest BCUT2D eigenvalue weighted by Gasteiger charge is -2.00. The highest BCUT2D eigenvalue weighted by molar-refractivity contribution is 5.70. The van der Waals surface area contributed by atoms with Crippen LogP contribution < -0.4 is 5.32 Å². The molecule has 0 aliphatic rings. The molecule has 0 aliphatic carbocycles. The second-order valence-electron chi connectivity index (χ2n) is 3.31. The maximum Gasteiger partial charge on any atom is 0.407 e. The topological polar surface area (TPSA) is 55.4 Å². The molecule has 0 atom stereocenters. The Morgan fingerprint density at radius 1 is 1.24 bits per heavy atom. The van der Waals surface area contributed by atoms with Crippen molar-refractivity contribution in [2.45, 2.75) is 6.42 Å². The average Bonchev–Trinajstić information content (AvgIpc) is 2.37. The SMILES string of the molecule is O=CCNC(=O)OCC=CCc1ccccc1. The number of amides is 1. The fraction of sp³-hybridized carbons (Fsp3) is 0.231. The lowest BCUT2D eigenvalue weighted by molar-refractivity contribution is -0.107. The van der Waals surface area contributed by atoms with Gasteiger partial charge in [0.15, 0.2) is 0 Å². The summed E-state index contributed by atoms with van der Waals surface area (Å²) < 4.78 is 4.79. The van der Waals surface area contributed by atoms with Crippen LogP contribution >= 0.6 is 0 Å². The first-order valence-corrected chi connectivity index (χ1v) is 5.36. The van der Waals surface area contributed by atoms with Crippen molar-refractivity contribution in [3.05, 3.63) is 48.0 Å². The van der Waals surface area contributed by atoms with Crippen LogP contribution in [0.5, 0.6) is 0 Å². The molecular weight excluding hydrogens is 218 g/mol. The number of allylic oxidation sites excluding steroid dienone is 1. The first kappa shape index (κ1) is 13.0. The zero-order valence-corrected chi connectivity index (χ0v) is 9.46. The maximum atomic E-state index is 10.9. The van der Waals surface area contributed by atoms with E-state index in [0.717, 1.165) is 6.42 Å². The van der Waals surface area contributed by atoms with Gasteiger partial charge in [-0.15, -0.1) is 0 Å². The molecule has 0 aromatic heterocycles. The number of benzene rings is 1. The molecular formula is C13H15NO3. The van der Waals surface area contributed by atoms with Crippen molar-refractivity contribution in [1.82, 2.24) is 5.32 Å². The Balaban J connectivity index is 2.14. The standard InChI is InChI=1S/C13H15NO3/c15-10-9-14-13(16)17-11-5-4-8-12-6-2-1-3-7-12/h1-7,10H,8-9,11H2,(H,14,16). The number of hydrogen-bond acceptors (Lipinski definition) is 3. The van der Waals surface area contributed by atoms with Crippen LogP contribution in [-0.4, -0.2) is 25.5 Å². The number of carbonyl (C=O) groups excluding carboxylic acids is 2. The van der Waals surface area contributed by atoms with E-state index in [4.69, 9.17) is 4.74 Å². The van der Waals surface area contributed by atoms with Crippen LogP contribution in [0.3, 0.4) is 0 Å². The van der Waals surface area contributed by atoms with Crippen LogP contribution in [0.1, 0.15) is 5.56 Å². The van der Waals surface area contributed by atoms with Crippen molar-refractivity contribution < 1.29 is 14.3 Å². The first-order valence-electron chi connectivity index (χ1n) is 5.36. The molecule has 1 aromatic rings. The minimum absolute atomic E-state index is 0.0213. The fourth-order valence-corrected chi connectivity index (χ4v) is 1.20. The molecule has 0 spiro atoms. The van der Waals surface area contributed by atoms with E-state index in [9.17, 15) is 9.59 Å². The number of alkyl carbamates (subject to hydrolysis) is 1. The number of nitrogens with one attached hydrogen (secondary N) is 1. The Morgan fingerprint density at radius 3 is 2.71 bits per heavy atom. The molecule has 0 saturated heterocycles. The smallest absolute Gasteiger partial charge is 0.407 e. The van der Waals surface area contributed by atoms with Crippen molar-refractivity contribution in [1.29, 1.82) is 0 Å². The summed E-state index contributed by atoms with van der Waals surface area (Å²) in [7, 11) is 0. The van der Waals surface area contributed by atoms with Crippen molar-refractivity contribution in [2.75, 3.05) is 13.2 Å². The van der Waals surface area contributed by atoms with Crippen molar-refractivity contribution in [2.24, 2.45) is 0 Å². The largest absolute Gasteiger partial charge is 0.445 e. The predicted octanol–water partition coefficient (Wildman–Crippen LogP) is 1.71. The number of ether oxygens (including phenoxy) is 1. The number of rotatable bonds is 6. The van der Waals surface area contributed by atoms with Gasteiger partial charge in [0.2, 0.25) is 0 Å². The molecule has 1 rings (SSSR count). The third kappa shape index (κ3) is 6.14. The van der Waals surface area contributed by atoms with Gasteiger partial charge < -0.3 is 14.8 Å². The van der Waals surface area contributed by atoms with Gasteiger partial charge in [-0.1, -0.05) is 42.5 Å². The van der Waals surface area contributed by atoms with Crippen LogP contribution in [0.2, 0.25) is 0 Å². The molecule has 90 valence electrons. The van der Waals surface area contributed by atoms with E-state index >= 15 is 0 Å². The van der Waals surface area contributed by atoms with E-state index in [1.54, 1.807) is 6.08 Å². The first-order chi connectivity index (χ1) is 8.33. The Bertz CT molecular complexity index is 374. The van der Waals surface area contributed by atoms with Crippen molar-refractivity contribution in [3.8, 4) is 0 Å². The van der Waals surface area contributed by atoms with E-state index in [0.29, 0.717) is 6.29 Å². The molecule has 0 saturated carbocycles. The lowest BCUT2D eigenvalue weighted by atomic mass is 10.1. The molecule has 1 N–H and O–H groups in total. The molecule has 4 heteroatoms. The second kappa shape index (κ2) is 8.10. The van der Waals surface area contributed by atoms with Crippen molar-refractivity contribution >= 4 is 12.4 Å². The monoisotopic (exact) mass is 233 g/mol. The van der Waals surface area contributed by atoms with Crippen LogP contribution in [0.4, 0.5) is 4.79 Å². The summed E-state index contributed by atoms with van der Waals surface area (Å²) in [5, 5.41) is 2.28. The van der Waals surface area contributed by atoms with E-state index < -0.39 is 6.09 Å². The zero-order valence-electron chi connectivity index (χ0n) is 9.46. The van der Waals surface area contributed by atoms with Gasteiger partial charge in [-0.2, -0.15) is 0 Å². The molecule has 0 bridgehead atoms. The quantitative estimate of drug-likeness (QED) is 0.601. The molecule has 1 aromatic carbocycles. The van der Waals surface area contributed by atoms with Gasteiger partial charge in [-0.3, -0.25) is 0 Å². The molecule has 4 nitrogen and oxygen atoms in total. The van der Waals surface area contributed by atoms with Crippen LogP contribution in [0, 0.1) is 0 Å². The molecule has 1 amide bonds. The number of hydrogen-bond donors (Lipinski definition) is 1. The van der Waals surface area contributed by atoms with Gasteiger partial charge >= 0.3 is 6.09 Å². The Morgan fingerprint density at radius 2 is 2.00 bits per heavy atom. The Kier molecular flexibility index (Phi) is 6.18. The summed E-state index contributed by atoms with van der Waals surface area (Å²) in [6, 6.07) is 9.98. The summed E-state index contributed by atoms with van der Waals surface area (Å²) in [5.41, 5.74) is 1.20. The summed E-state index contributed by atoms with van der Waals surface area (Å²) in [6.45, 7) is 0.185. The number of carbonyl (C=O) groups is 2. The Hall–Kier alpha value is -2.10. The molecule has 0 fully saturated rings. The van der Waals surface area contributed by atoms with Crippen LogP contribution in [0.15, 0.2) is 42.5 Å². The van der Waals surface area contributed by atoms with E-state index in [1.807, 2.05) is 36.4 Å². The highest BCUT2D eigenvalue weighted by Crippen LogP contribution is 1.99. The van der Waals surface area contributed by atoms with Crippen LogP contribution in [-0.2, 0) is 16.0 Å². The molecule has 0 aliphatic heterocycles. The minimum atomic E-state index is -0.582. The maximum absolute atomic E-state index is 10.9. The normalized spacial score (nSPS) is 10.1. The summed E-state index contributed by atoms with van der Waals surface area (Å²) >= 11 is 0. The third-order valence-electron chi connectivity index (χ3n) is 2.00.